The van der Waals surface area contributed by atoms with E-state index in [1.54, 1.807) is 0 Å². The molecule has 0 unspecified atom stereocenters. The molecule has 1 saturated carbocycles. The van der Waals surface area contributed by atoms with Crippen LogP contribution in [0.1, 0.15) is 46.0 Å². The van der Waals surface area contributed by atoms with Crippen molar-refractivity contribution >= 4 is 0 Å². The fourth-order valence-electron chi connectivity index (χ4n) is 2.63. The van der Waals surface area contributed by atoms with E-state index in [-0.39, 0.29) is 0 Å². The molecule has 0 amide bonds. The molecule has 0 aliphatic heterocycles. The van der Waals surface area contributed by atoms with E-state index in [0.29, 0.717) is 5.54 Å². The van der Waals surface area contributed by atoms with E-state index >= 15 is 0 Å². The Labute approximate surface area is 77.1 Å². The molecule has 0 heterocycles. The summed E-state index contributed by atoms with van der Waals surface area (Å²) in [4.78, 5) is 2.46. The van der Waals surface area contributed by atoms with Crippen LogP contribution in [-0.4, -0.2) is 24.5 Å². The average molecular weight is 169 g/mol. The maximum absolute atomic E-state index is 2.46. The lowest BCUT2D eigenvalue weighted by Gasteiger charge is -2.38. The van der Waals surface area contributed by atoms with Crippen molar-refractivity contribution in [2.75, 3.05) is 14.1 Å². The molecule has 12 heavy (non-hydrogen) atoms. The normalized spacial score (nSPS) is 22.5. The molecule has 1 aliphatic rings. The van der Waals surface area contributed by atoms with Gasteiger partial charge in [0.25, 0.3) is 0 Å². The Balaban J connectivity index is 2.59. The van der Waals surface area contributed by atoms with E-state index in [4.69, 9.17) is 0 Å². The van der Waals surface area contributed by atoms with Crippen LogP contribution < -0.4 is 0 Å². The Morgan fingerprint density at radius 1 is 1.17 bits per heavy atom. The van der Waals surface area contributed by atoms with Crippen molar-refractivity contribution in [3.63, 3.8) is 0 Å². The molecule has 0 N–H and O–H groups in total. The summed E-state index contributed by atoms with van der Waals surface area (Å²) in [6.45, 7) is 4.67. The molecule has 0 saturated heterocycles. The monoisotopic (exact) mass is 169 g/mol. The van der Waals surface area contributed by atoms with Crippen molar-refractivity contribution in [2.45, 2.75) is 51.5 Å². The molecule has 1 heteroatoms. The molecule has 0 atom stereocenters. The lowest BCUT2D eigenvalue weighted by molar-refractivity contribution is 0.128. The van der Waals surface area contributed by atoms with Crippen molar-refractivity contribution < 1.29 is 0 Å². The summed E-state index contributed by atoms with van der Waals surface area (Å²) < 4.78 is 0. The van der Waals surface area contributed by atoms with E-state index < -0.39 is 0 Å². The minimum Gasteiger partial charge on any atom is -0.304 e. The molecular formula is C11H23N. The molecule has 72 valence electrons. The third-order valence-electron chi connectivity index (χ3n) is 3.27. The molecule has 0 aromatic heterocycles. The first-order chi connectivity index (χ1) is 5.57. The van der Waals surface area contributed by atoms with Crippen molar-refractivity contribution in [3.8, 4) is 0 Å². The first kappa shape index (κ1) is 10.0. The van der Waals surface area contributed by atoms with Crippen molar-refractivity contribution in [3.05, 3.63) is 0 Å². The molecular weight excluding hydrogens is 146 g/mol. The SMILES string of the molecule is CC(C)CC1(N(C)C)CCCC1. The first-order valence-corrected chi connectivity index (χ1v) is 5.24. The maximum atomic E-state index is 2.46. The predicted molar refractivity (Wildman–Crippen MR) is 54.3 cm³/mol. The van der Waals surface area contributed by atoms with Gasteiger partial charge in [0.1, 0.15) is 0 Å². The standard InChI is InChI=1S/C11H23N/c1-10(2)9-11(12(3)4)7-5-6-8-11/h10H,5-9H2,1-4H3. The molecule has 1 fully saturated rings. The lowest BCUT2D eigenvalue weighted by Crippen LogP contribution is -2.42. The number of rotatable bonds is 3. The summed E-state index contributed by atoms with van der Waals surface area (Å²) >= 11 is 0. The zero-order valence-electron chi connectivity index (χ0n) is 9.06. The molecule has 0 aromatic rings. The molecule has 1 nitrogen and oxygen atoms in total. The zero-order valence-corrected chi connectivity index (χ0v) is 9.06. The van der Waals surface area contributed by atoms with Gasteiger partial charge in [-0.25, -0.2) is 0 Å². The van der Waals surface area contributed by atoms with Gasteiger partial charge >= 0.3 is 0 Å². The van der Waals surface area contributed by atoms with Gasteiger partial charge in [-0.15, -0.1) is 0 Å². The Morgan fingerprint density at radius 2 is 1.67 bits per heavy atom. The highest BCUT2D eigenvalue weighted by Gasteiger charge is 2.35. The van der Waals surface area contributed by atoms with E-state index in [2.05, 4.69) is 32.8 Å². The van der Waals surface area contributed by atoms with Gasteiger partial charge in [-0.3, -0.25) is 0 Å². The van der Waals surface area contributed by atoms with Crippen molar-refractivity contribution in [1.82, 2.24) is 4.90 Å². The minimum absolute atomic E-state index is 0.550. The first-order valence-electron chi connectivity index (χ1n) is 5.24. The largest absolute Gasteiger partial charge is 0.304 e. The average Bonchev–Trinajstić information content (AvgIpc) is 2.35. The van der Waals surface area contributed by atoms with Crippen molar-refractivity contribution in [2.24, 2.45) is 5.92 Å². The number of hydrogen-bond donors (Lipinski definition) is 0. The number of nitrogens with zero attached hydrogens (tertiary/aromatic N) is 1. The molecule has 0 spiro atoms. The summed E-state index contributed by atoms with van der Waals surface area (Å²) in [5.74, 6) is 0.838. The van der Waals surface area contributed by atoms with Gasteiger partial charge in [-0.1, -0.05) is 26.7 Å². The third kappa shape index (κ3) is 2.01. The zero-order chi connectivity index (χ0) is 9.19. The fraction of sp³-hybridized carbons (Fsp3) is 1.00. The smallest absolute Gasteiger partial charge is 0.0206 e. The van der Waals surface area contributed by atoms with Crippen LogP contribution in [0.3, 0.4) is 0 Å². The maximum Gasteiger partial charge on any atom is 0.0206 e. The quantitative estimate of drug-likeness (QED) is 0.628. The Bertz CT molecular complexity index is 132. The van der Waals surface area contributed by atoms with E-state index in [1.807, 2.05) is 0 Å². The van der Waals surface area contributed by atoms with Gasteiger partial charge in [0.05, 0.1) is 0 Å². The summed E-state index contributed by atoms with van der Waals surface area (Å²) in [5.41, 5.74) is 0.550. The number of hydrogen-bond acceptors (Lipinski definition) is 1. The van der Waals surface area contributed by atoms with Crippen molar-refractivity contribution in [1.29, 1.82) is 0 Å². The van der Waals surface area contributed by atoms with Gasteiger partial charge in [0.15, 0.2) is 0 Å². The molecule has 1 aliphatic carbocycles. The minimum atomic E-state index is 0.550. The van der Waals surface area contributed by atoms with E-state index in [1.165, 1.54) is 32.1 Å². The van der Waals surface area contributed by atoms with Gasteiger partial charge in [-0.2, -0.15) is 0 Å². The van der Waals surface area contributed by atoms with Crippen LogP contribution >= 0.6 is 0 Å². The van der Waals surface area contributed by atoms with Gasteiger partial charge in [0, 0.05) is 5.54 Å². The summed E-state index contributed by atoms with van der Waals surface area (Å²) in [6.07, 6.45) is 7.08. The second-order valence-electron chi connectivity index (χ2n) is 4.92. The van der Waals surface area contributed by atoms with Crippen LogP contribution in [0.5, 0.6) is 0 Å². The summed E-state index contributed by atoms with van der Waals surface area (Å²) in [6, 6.07) is 0. The van der Waals surface area contributed by atoms with Crippen LogP contribution in [0.2, 0.25) is 0 Å². The predicted octanol–water partition coefficient (Wildman–Crippen LogP) is 2.91. The third-order valence-corrected chi connectivity index (χ3v) is 3.27. The summed E-state index contributed by atoms with van der Waals surface area (Å²) in [7, 11) is 4.49. The van der Waals surface area contributed by atoms with Crippen LogP contribution in [0.4, 0.5) is 0 Å². The fourth-order valence-corrected chi connectivity index (χ4v) is 2.63. The Morgan fingerprint density at radius 3 is 2.00 bits per heavy atom. The Hall–Kier alpha value is -0.0400. The van der Waals surface area contributed by atoms with Crippen LogP contribution in [-0.2, 0) is 0 Å². The van der Waals surface area contributed by atoms with Gasteiger partial charge in [0.2, 0.25) is 0 Å². The van der Waals surface area contributed by atoms with E-state index in [0.717, 1.165) is 5.92 Å². The highest BCUT2D eigenvalue weighted by Crippen LogP contribution is 2.38. The highest BCUT2D eigenvalue weighted by molar-refractivity contribution is 4.92. The molecule has 0 aromatic carbocycles. The molecule has 1 rings (SSSR count). The van der Waals surface area contributed by atoms with Crippen LogP contribution in [0.25, 0.3) is 0 Å². The Kier molecular flexibility index (Phi) is 3.16. The second kappa shape index (κ2) is 3.78. The highest BCUT2D eigenvalue weighted by atomic mass is 15.1. The lowest BCUT2D eigenvalue weighted by atomic mass is 9.86. The topological polar surface area (TPSA) is 3.24 Å². The second-order valence-corrected chi connectivity index (χ2v) is 4.92. The van der Waals surface area contributed by atoms with Crippen LogP contribution in [0, 0.1) is 5.92 Å². The summed E-state index contributed by atoms with van der Waals surface area (Å²) in [5, 5.41) is 0. The van der Waals surface area contributed by atoms with Gasteiger partial charge < -0.3 is 4.90 Å². The van der Waals surface area contributed by atoms with Crippen LogP contribution in [0.15, 0.2) is 0 Å². The molecule has 0 radical (unpaired) electrons. The van der Waals surface area contributed by atoms with E-state index in [9.17, 15) is 0 Å². The van der Waals surface area contributed by atoms with Gasteiger partial charge in [-0.05, 0) is 39.3 Å². The molecule has 0 bridgehead atoms.